The van der Waals surface area contributed by atoms with E-state index in [-0.39, 0.29) is 18.6 Å². The molecule has 2 rings (SSSR count). The van der Waals surface area contributed by atoms with E-state index in [9.17, 15) is 35.1 Å². The monoisotopic (exact) mass is 546 g/mol. The Hall–Kier alpha value is -1.14. The third-order valence-electron chi connectivity index (χ3n) is 8.82. The first kappa shape index (κ1) is 33.1. The van der Waals surface area contributed by atoms with E-state index in [0.29, 0.717) is 6.42 Å². The molecule has 38 heavy (non-hydrogen) atoms. The van der Waals surface area contributed by atoms with E-state index in [1.165, 1.54) is 13.8 Å². The molecule has 2 heterocycles. The van der Waals surface area contributed by atoms with Crippen LogP contribution >= 0.6 is 0 Å². The number of hydrogen-bond donors (Lipinski definition) is 5. The van der Waals surface area contributed by atoms with Gasteiger partial charge in [0.25, 0.3) is 0 Å². The standard InChI is InChI=1S/C28H50O10/c1-10-19-14(3)22(30)15(4)21(29)13(2)11-27(8,34)24(31)16(5)23(17(6)26(33)37-19)38-20-12-28(9,35)25(32)18(7)36-20/h13-20,22-25,30-32,34-35H,10-12H2,1-9H3/t13-,14-,15-,16-,17+,18+,19-,20-,22-,23-,24+,25+,27+,28+/m1/s1. The van der Waals surface area contributed by atoms with Gasteiger partial charge in [-0.15, -0.1) is 0 Å². The second-order valence-electron chi connectivity index (χ2n) is 12.4. The van der Waals surface area contributed by atoms with Gasteiger partial charge < -0.3 is 39.7 Å². The van der Waals surface area contributed by atoms with Crippen molar-refractivity contribution in [1.82, 2.24) is 0 Å². The van der Waals surface area contributed by atoms with Crippen molar-refractivity contribution in [2.24, 2.45) is 29.6 Å². The molecular formula is C28H50O10. The van der Waals surface area contributed by atoms with Crippen LogP contribution in [-0.2, 0) is 23.8 Å². The highest BCUT2D eigenvalue weighted by Gasteiger charge is 2.49. The number of hydrogen-bond acceptors (Lipinski definition) is 10. The first-order valence-corrected chi connectivity index (χ1v) is 13.9. The molecule has 10 nitrogen and oxygen atoms in total. The third-order valence-corrected chi connectivity index (χ3v) is 8.82. The predicted octanol–water partition coefficient (Wildman–Crippen LogP) is 1.57. The van der Waals surface area contributed by atoms with Crippen molar-refractivity contribution in [2.75, 3.05) is 0 Å². The third kappa shape index (κ3) is 7.13. The van der Waals surface area contributed by atoms with Gasteiger partial charge in [0.15, 0.2) is 6.29 Å². The summed E-state index contributed by atoms with van der Waals surface area (Å²) in [6, 6.07) is 0. The van der Waals surface area contributed by atoms with E-state index >= 15 is 0 Å². The van der Waals surface area contributed by atoms with Crippen LogP contribution in [0.5, 0.6) is 0 Å². The van der Waals surface area contributed by atoms with Crippen LogP contribution in [-0.4, -0.2) is 91.4 Å². The number of aliphatic hydroxyl groups excluding tert-OH is 3. The van der Waals surface area contributed by atoms with Crippen molar-refractivity contribution in [1.29, 1.82) is 0 Å². The number of esters is 1. The Morgan fingerprint density at radius 2 is 1.42 bits per heavy atom. The number of carbonyl (C=O) groups excluding carboxylic acids is 2. The van der Waals surface area contributed by atoms with Gasteiger partial charge in [-0.05, 0) is 40.5 Å². The van der Waals surface area contributed by atoms with Crippen LogP contribution in [0.4, 0.5) is 0 Å². The van der Waals surface area contributed by atoms with E-state index < -0.39 is 89.7 Å². The Morgan fingerprint density at radius 1 is 0.868 bits per heavy atom. The summed E-state index contributed by atoms with van der Waals surface area (Å²) in [4.78, 5) is 26.5. The second-order valence-corrected chi connectivity index (χ2v) is 12.4. The van der Waals surface area contributed by atoms with Crippen LogP contribution in [0.3, 0.4) is 0 Å². The van der Waals surface area contributed by atoms with Crippen LogP contribution in [0.1, 0.15) is 81.6 Å². The van der Waals surface area contributed by atoms with Crippen molar-refractivity contribution in [3.05, 3.63) is 0 Å². The van der Waals surface area contributed by atoms with Crippen LogP contribution < -0.4 is 0 Å². The summed E-state index contributed by atoms with van der Waals surface area (Å²) in [6.07, 6.45) is -6.81. The number of Topliss-reactive ketones (excluding diaryl/α,β-unsaturated/α-hetero) is 1. The van der Waals surface area contributed by atoms with Gasteiger partial charge in [-0.2, -0.15) is 0 Å². The largest absolute Gasteiger partial charge is 0.462 e. The molecule has 10 heteroatoms. The van der Waals surface area contributed by atoms with Crippen molar-refractivity contribution in [3.8, 4) is 0 Å². The average Bonchev–Trinajstić information content (AvgIpc) is 2.84. The Balaban J connectivity index is 2.49. The molecular weight excluding hydrogens is 496 g/mol. The van der Waals surface area contributed by atoms with Crippen LogP contribution in [0.25, 0.3) is 0 Å². The minimum atomic E-state index is -1.73. The van der Waals surface area contributed by atoms with E-state index in [2.05, 4.69) is 0 Å². The highest BCUT2D eigenvalue weighted by atomic mass is 16.7. The number of ketones is 1. The van der Waals surface area contributed by atoms with Crippen molar-refractivity contribution in [3.63, 3.8) is 0 Å². The molecule has 0 aromatic rings. The van der Waals surface area contributed by atoms with E-state index in [1.807, 2.05) is 6.92 Å². The van der Waals surface area contributed by atoms with Gasteiger partial charge in [-0.3, -0.25) is 9.59 Å². The quantitative estimate of drug-likeness (QED) is 0.328. The molecule has 2 aliphatic heterocycles. The average molecular weight is 547 g/mol. The lowest BCUT2D eigenvalue weighted by molar-refractivity contribution is -0.295. The zero-order valence-corrected chi connectivity index (χ0v) is 24.3. The maximum absolute atomic E-state index is 13.4. The maximum atomic E-state index is 13.4. The van der Waals surface area contributed by atoms with Crippen molar-refractivity contribution in [2.45, 2.75) is 136 Å². The molecule has 0 spiro atoms. The topological polar surface area (TPSA) is 163 Å². The number of aliphatic hydroxyl groups is 5. The number of rotatable bonds is 3. The summed E-state index contributed by atoms with van der Waals surface area (Å²) in [5.41, 5.74) is -3.24. The number of cyclic esters (lactones) is 1. The fraction of sp³-hybridized carbons (Fsp3) is 0.929. The van der Waals surface area contributed by atoms with Gasteiger partial charge in [0.2, 0.25) is 0 Å². The lowest BCUT2D eigenvalue weighted by Gasteiger charge is -2.45. The highest BCUT2D eigenvalue weighted by molar-refractivity contribution is 5.83. The SMILES string of the molecule is CC[C@H]1OC(=O)[C@@H](C)[C@H](O[C@@H]2C[C@](C)(O)[C@@H](O)[C@H](C)O2)[C@@H](C)[C@H](O)[C@@](C)(O)C[C@@H](C)C(=O)[C@@H](C)[C@H](O)[C@@H]1C. The minimum absolute atomic E-state index is 0.0661. The molecule has 0 aromatic carbocycles. The molecule has 2 fully saturated rings. The number of ether oxygens (including phenoxy) is 3. The van der Waals surface area contributed by atoms with Crippen molar-refractivity contribution < 1.29 is 49.3 Å². The summed E-state index contributed by atoms with van der Waals surface area (Å²) in [5, 5.41) is 54.5. The van der Waals surface area contributed by atoms with Gasteiger partial charge in [-0.1, -0.05) is 34.6 Å². The first-order chi connectivity index (χ1) is 17.3. The first-order valence-electron chi connectivity index (χ1n) is 13.9. The van der Waals surface area contributed by atoms with Crippen LogP contribution in [0, 0.1) is 29.6 Å². The molecule has 0 amide bonds. The Labute approximate surface area is 226 Å². The Morgan fingerprint density at radius 3 is 1.95 bits per heavy atom. The van der Waals surface area contributed by atoms with Crippen molar-refractivity contribution >= 4 is 11.8 Å². The Bertz CT molecular complexity index is 813. The predicted molar refractivity (Wildman–Crippen MR) is 139 cm³/mol. The molecule has 5 N–H and O–H groups in total. The zero-order valence-electron chi connectivity index (χ0n) is 24.3. The zero-order chi connectivity index (χ0) is 29.3. The molecule has 2 aliphatic rings. The fourth-order valence-electron chi connectivity index (χ4n) is 6.11. The number of carbonyl (C=O) groups is 2. The van der Waals surface area contributed by atoms with Gasteiger partial charge in [0, 0.05) is 30.1 Å². The van der Waals surface area contributed by atoms with E-state index in [0.717, 1.165) is 0 Å². The summed E-state index contributed by atoms with van der Waals surface area (Å²) >= 11 is 0. The molecule has 222 valence electrons. The highest BCUT2D eigenvalue weighted by Crippen LogP contribution is 2.37. The molecule has 0 saturated carbocycles. The molecule has 14 atom stereocenters. The molecule has 0 radical (unpaired) electrons. The van der Waals surface area contributed by atoms with Gasteiger partial charge in [-0.25, -0.2) is 0 Å². The normalized spacial score (nSPS) is 50.3. The van der Waals surface area contributed by atoms with Gasteiger partial charge >= 0.3 is 5.97 Å². The Kier molecular flexibility index (Phi) is 10.9. The minimum Gasteiger partial charge on any atom is -0.462 e. The molecule has 0 aliphatic carbocycles. The molecule has 0 aromatic heterocycles. The smallest absolute Gasteiger partial charge is 0.311 e. The lowest BCUT2D eigenvalue weighted by atomic mass is 9.75. The summed E-state index contributed by atoms with van der Waals surface area (Å²) < 4.78 is 17.8. The van der Waals surface area contributed by atoms with E-state index in [1.54, 1.807) is 41.5 Å². The van der Waals surface area contributed by atoms with E-state index in [4.69, 9.17) is 14.2 Å². The van der Waals surface area contributed by atoms with Gasteiger partial charge in [0.05, 0.1) is 41.5 Å². The fourth-order valence-corrected chi connectivity index (χ4v) is 6.11. The lowest BCUT2D eigenvalue weighted by Crippen LogP contribution is -2.57. The molecule has 0 bridgehead atoms. The summed E-state index contributed by atoms with van der Waals surface area (Å²) in [5.74, 6) is -4.59. The molecule has 2 saturated heterocycles. The van der Waals surface area contributed by atoms with Gasteiger partial charge in [0.1, 0.15) is 18.0 Å². The summed E-state index contributed by atoms with van der Waals surface area (Å²) in [7, 11) is 0. The molecule has 0 unspecified atom stereocenters. The van der Waals surface area contributed by atoms with Crippen LogP contribution in [0.2, 0.25) is 0 Å². The second kappa shape index (κ2) is 12.6. The maximum Gasteiger partial charge on any atom is 0.311 e. The van der Waals surface area contributed by atoms with Crippen LogP contribution in [0.15, 0.2) is 0 Å². The summed E-state index contributed by atoms with van der Waals surface area (Å²) in [6.45, 7) is 14.6.